The van der Waals surface area contributed by atoms with Crippen LogP contribution in [0.2, 0.25) is 0 Å². The first kappa shape index (κ1) is 38.7. The van der Waals surface area contributed by atoms with Crippen LogP contribution in [0, 0.1) is 23.2 Å². The van der Waals surface area contributed by atoms with Gasteiger partial charge in [0, 0.05) is 0 Å². The highest BCUT2D eigenvalue weighted by Crippen LogP contribution is 2.61. The highest BCUT2D eigenvalue weighted by atomic mass is 32.2. The summed E-state index contributed by atoms with van der Waals surface area (Å²) in [5.74, 6) is -8.19. The van der Waals surface area contributed by atoms with Gasteiger partial charge in [-0.15, -0.1) is 0 Å². The number of carbonyl (C=O) groups is 2. The molecule has 4 saturated carbocycles. The van der Waals surface area contributed by atoms with E-state index in [-0.39, 0.29) is 47.9 Å². The summed E-state index contributed by atoms with van der Waals surface area (Å²) in [6, 6.07) is 32.2. The molecule has 0 amide bonds. The molecule has 0 aliphatic heterocycles. The van der Waals surface area contributed by atoms with Crippen LogP contribution in [0.15, 0.2) is 106 Å². The largest absolute Gasteiger partial charge is 0.743 e. The van der Waals surface area contributed by atoms with Crippen molar-refractivity contribution in [2.45, 2.75) is 77.4 Å². The minimum absolute atomic E-state index is 0.0146. The Labute approximate surface area is 295 Å². The number of carbonyl (C=O) groups excluding carboxylic acids is 2. The summed E-state index contributed by atoms with van der Waals surface area (Å²) in [4.78, 5) is 29.3. The quantitative estimate of drug-likeness (QED) is 0.0649. The minimum atomic E-state index is -6.44. The summed E-state index contributed by atoms with van der Waals surface area (Å²) in [6.07, 6.45) is -2.80. The SMILES string of the molecule is CCOC(=O)C(OCC(F)(F)S(=O)(=O)[O-])(OC(=O)C12CC3CC(CC(C3)C1)C2)C(F)(F)F.c1ccc([S+](c2ccccc2)c2ccccc2)cc1. The Morgan fingerprint density at radius 3 is 1.49 bits per heavy atom. The van der Waals surface area contributed by atoms with Crippen LogP contribution < -0.4 is 0 Å². The second-order valence-corrected chi connectivity index (χ2v) is 16.6. The van der Waals surface area contributed by atoms with Crippen LogP contribution in [0.3, 0.4) is 0 Å². The van der Waals surface area contributed by atoms with Gasteiger partial charge in [-0.3, -0.25) is 4.79 Å². The van der Waals surface area contributed by atoms with Gasteiger partial charge in [0.1, 0.15) is 6.61 Å². The van der Waals surface area contributed by atoms with Crippen LogP contribution in [-0.2, 0) is 44.8 Å². The van der Waals surface area contributed by atoms with Gasteiger partial charge in [-0.2, -0.15) is 22.0 Å². The summed E-state index contributed by atoms with van der Waals surface area (Å²) in [6.45, 7) is -2.23. The van der Waals surface area contributed by atoms with E-state index < -0.39 is 57.9 Å². The molecule has 0 heterocycles. The van der Waals surface area contributed by atoms with E-state index in [9.17, 15) is 44.5 Å². The Balaban J connectivity index is 0.000000224. The Morgan fingerprint density at radius 1 is 0.765 bits per heavy atom. The van der Waals surface area contributed by atoms with Crippen molar-refractivity contribution in [3.05, 3.63) is 91.0 Å². The lowest BCUT2D eigenvalue weighted by Crippen LogP contribution is -2.62. The Hall–Kier alpha value is -3.53. The Kier molecular flexibility index (Phi) is 11.5. The standard InChI is InChI=1S/C18H23F5O8S.C18H15S/c1-2-29-14(25)17(18(21,22)23,30-9-16(19,20)32(26,27)28)31-13(24)15-6-10-3-11(7-15)5-12(4-10)8-15;1-4-10-16(11-5-1)19(17-12-6-2-7-13-17)18-14-8-3-9-15-18/h10-12H,2-9H2,1H3,(H,26,27,28);1-15H/q;+1/p-1. The van der Waals surface area contributed by atoms with Crippen molar-refractivity contribution in [3.63, 3.8) is 0 Å². The third kappa shape index (κ3) is 8.42. The number of hydrogen-bond donors (Lipinski definition) is 0. The average Bonchev–Trinajstić information content (AvgIpc) is 3.07. The number of benzene rings is 3. The normalized spacial score (nSPS) is 23.9. The molecule has 0 radical (unpaired) electrons. The maximum absolute atomic E-state index is 14.0. The number of rotatable bonds is 11. The number of esters is 2. The highest BCUT2D eigenvalue weighted by molar-refractivity contribution is 7.97. The van der Waals surface area contributed by atoms with Gasteiger partial charge in [-0.25, -0.2) is 13.2 Å². The third-order valence-corrected chi connectivity index (χ3v) is 12.5. The molecule has 15 heteroatoms. The van der Waals surface area contributed by atoms with Crippen molar-refractivity contribution in [3.8, 4) is 0 Å². The summed E-state index contributed by atoms with van der Waals surface area (Å²) in [7, 11) is -6.46. The van der Waals surface area contributed by atoms with E-state index in [0.29, 0.717) is 0 Å². The van der Waals surface area contributed by atoms with Gasteiger partial charge in [-0.05, 0) is 99.6 Å². The lowest BCUT2D eigenvalue weighted by Gasteiger charge is -2.55. The molecule has 0 spiro atoms. The molecule has 4 aliphatic carbocycles. The molecule has 3 aromatic carbocycles. The predicted octanol–water partition coefficient (Wildman–Crippen LogP) is 7.50. The van der Waals surface area contributed by atoms with Crippen molar-refractivity contribution in [1.82, 2.24) is 0 Å². The van der Waals surface area contributed by atoms with Crippen LogP contribution in [0.5, 0.6) is 0 Å². The van der Waals surface area contributed by atoms with E-state index >= 15 is 0 Å². The fraction of sp³-hybridized carbons (Fsp3) is 0.444. The van der Waals surface area contributed by atoms with Crippen LogP contribution in [0.25, 0.3) is 0 Å². The van der Waals surface area contributed by atoms with Crippen LogP contribution in [-0.4, -0.2) is 55.3 Å². The van der Waals surface area contributed by atoms with E-state index in [1.54, 1.807) is 0 Å². The molecular weight excluding hydrogens is 720 g/mol. The first-order valence-corrected chi connectivity index (χ1v) is 19.0. The molecule has 0 aromatic heterocycles. The molecule has 4 bridgehead atoms. The zero-order valence-electron chi connectivity index (χ0n) is 27.5. The van der Waals surface area contributed by atoms with Crippen LogP contribution in [0.4, 0.5) is 22.0 Å². The number of hydrogen-bond acceptors (Lipinski definition) is 8. The molecule has 4 fully saturated rings. The van der Waals surface area contributed by atoms with Gasteiger partial charge in [0.15, 0.2) is 24.8 Å². The van der Waals surface area contributed by atoms with Crippen LogP contribution >= 0.6 is 0 Å². The molecule has 1 atom stereocenters. The monoisotopic (exact) mass is 756 g/mol. The van der Waals surface area contributed by atoms with E-state index in [2.05, 4.69) is 105 Å². The molecule has 3 aromatic rings. The van der Waals surface area contributed by atoms with Gasteiger partial charge < -0.3 is 18.8 Å². The van der Waals surface area contributed by atoms with E-state index in [0.717, 1.165) is 26.2 Å². The first-order valence-electron chi connectivity index (χ1n) is 16.3. The fourth-order valence-electron chi connectivity index (χ4n) is 7.55. The van der Waals surface area contributed by atoms with Crippen molar-refractivity contribution >= 4 is 33.0 Å². The molecule has 7 rings (SSSR count). The van der Waals surface area contributed by atoms with Crippen molar-refractivity contribution in [1.29, 1.82) is 0 Å². The Bertz CT molecular complexity index is 1630. The topological polar surface area (TPSA) is 119 Å². The van der Waals surface area contributed by atoms with Gasteiger partial charge in [0.2, 0.25) is 0 Å². The minimum Gasteiger partial charge on any atom is -0.743 e. The van der Waals surface area contributed by atoms with Crippen LogP contribution in [0.1, 0.15) is 45.4 Å². The molecule has 51 heavy (non-hydrogen) atoms. The first-order chi connectivity index (χ1) is 24.0. The smallest absolute Gasteiger partial charge is 0.468 e. The summed E-state index contributed by atoms with van der Waals surface area (Å²) in [5.41, 5.74) is -1.34. The van der Waals surface area contributed by atoms with Gasteiger partial charge in [0.05, 0.1) is 22.9 Å². The number of alkyl halides is 5. The maximum atomic E-state index is 14.0. The Morgan fingerprint density at radius 2 is 1.16 bits per heavy atom. The second kappa shape index (κ2) is 15.2. The average molecular weight is 757 g/mol. The van der Waals surface area contributed by atoms with E-state index in [1.165, 1.54) is 14.7 Å². The van der Waals surface area contributed by atoms with Gasteiger partial charge in [0.25, 0.3) is 0 Å². The summed E-state index contributed by atoms with van der Waals surface area (Å²) >= 11 is 0. The lowest BCUT2D eigenvalue weighted by atomic mass is 9.49. The summed E-state index contributed by atoms with van der Waals surface area (Å²) < 4.78 is 114. The zero-order valence-corrected chi connectivity index (χ0v) is 29.2. The van der Waals surface area contributed by atoms with E-state index in [4.69, 9.17) is 0 Å². The van der Waals surface area contributed by atoms with Gasteiger partial charge in [-0.1, -0.05) is 54.6 Å². The molecule has 0 N–H and O–H groups in total. The predicted molar refractivity (Wildman–Crippen MR) is 174 cm³/mol. The van der Waals surface area contributed by atoms with Gasteiger partial charge >= 0.3 is 29.2 Å². The molecule has 4 aliphatic rings. The van der Waals surface area contributed by atoms with Crippen molar-refractivity contribution in [2.24, 2.45) is 23.2 Å². The molecule has 276 valence electrons. The molecule has 8 nitrogen and oxygen atoms in total. The number of ether oxygens (including phenoxy) is 3. The second-order valence-electron chi connectivity index (χ2n) is 13.0. The molecule has 1 unspecified atom stereocenters. The maximum Gasteiger partial charge on any atom is 0.468 e. The lowest BCUT2D eigenvalue weighted by molar-refractivity contribution is -0.364. The fourth-order valence-corrected chi connectivity index (χ4v) is 9.85. The zero-order chi connectivity index (χ0) is 37.1. The number of halogens is 5. The van der Waals surface area contributed by atoms with Crippen molar-refractivity contribution in [2.75, 3.05) is 13.2 Å². The third-order valence-electron chi connectivity index (χ3n) is 9.37. The molecular formula is C36H37F5O8S2. The molecule has 0 saturated heterocycles. The van der Waals surface area contributed by atoms with Crippen molar-refractivity contribution < 1.29 is 58.7 Å². The summed E-state index contributed by atoms with van der Waals surface area (Å²) in [5, 5.41) is -5.33. The highest BCUT2D eigenvalue weighted by Gasteiger charge is 2.70. The van der Waals surface area contributed by atoms with E-state index in [1.807, 2.05) is 0 Å².